The smallest absolute Gasteiger partial charge is 0.361 e. The van der Waals surface area contributed by atoms with Gasteiger partial charge in [-0.25, -0.2) is 4.79 Å². The van der Waals surface area contributed by atoms with Gasteiger partial charge in [-0.05, 0) is 109 Å². The van der Waals surface area contributed by atoms with Crippen LogP contribution in [0.1, 0.15) is 296 Å². The van der Waals surface area contributed by atoms with Crippen molar-refractivity contribution in [1.82, 2.24) is 0 Å². The van der Waals surface area contributed by atoms with Crippen molar-refractivity contribution in [2.24, 2.45) is 0 Å². The quantitative estimate of drug-likeness (QED) is 0.0211. The number of carbonyl (C=O) groups is 3. The van der Waals surface area contributed by atoms with Crippen LogP contribution in [-0.4, -0.2) is 87.4 Å². The highest BCUT2D eigenvalue weighted by molar-refractivity contribution is 5.71. The number of rotatable bonds is 65. The minimum atomic E-state index is -1.52. The van der Waals surface area contributed by atoms with Crippen molar-refractivity contribution in [1.29, 1.82) is 0 Å². The number of esters is 2. The molecule has 1 N–H and O–H groups in total. The Labute approximate surface area is 536 Å². The van der Waals surface area contributed by atoms with Gasteiger partial charge in [-0.1, -0.05) is 296 Å². The average molecular weight is 1210 g/mol. The number of carboxylic acids is 1. The van der Waals surface area contributed by atoms with E-state index in [1.165, 1.54) is 173 Å². The number of ether oxygens (including phenoxy) is 4. The molecule has 0 fully saturated rings. The first-order valence-electron chi connectivity index (χ1n) is 35.7. The first-order valence-corrected chi connectivity index (χ1v) is 35.7. The molecule has 0 aromatic heterocycles. The highest BCUT2D eigenvalue weighted by atomic mass is 16.7. The fourth-order valence-electron chi connectivity index (χ4n) is 9.77. The van der Waals surface area contributed by atoms with Crippen LogP contribution in [0, 0.1) is 0 Å². The number of hydrogen-bond donors (Lipinski definition) is 1. The average Bonchev–Trinajstić information content (AvgIpc) is 3.57. The van der Waals surface area contributed by atoms with Gasteiger partial charge in [0.05, 0.1) is 34.4 Å². The van der Waals surface area contributed by atoms with Crippen LogP contribution in [0.3, 0.4) is 0 Å². The normalized spacial score (nSPS) is 13.4. The molecule has 0 radical (unpaired) electrons. The van der Waals surface area contributed by atoms with Crippen molar-refractivity contribution < 1.29 is 42.9 Å². The third kappa shape index (κ3) is 69.0. The number of carboxylic acid groups (broad SMARTS) is 1. The number of carbonyl (C=O) groups excluding carboxylic acids is 2. The van der Waals surface area contributed by atoms with Gasteiger partial charge < -0.3 is 28.5 Å². The fraction of sp³-hybridized carbons (Fsp3) is 0.705. The van der Waals surface area contributed by atoms with Crippen molar-refractivity contribution in [3.05, 3.63) is 122 Å². The van der Waals surface area contributed by atoms with Crippen LogP contribution in [0.15, 0.2) is 122 Å². The molecule has 0 heterocycles. The SMILES string of the molecule is CC/C=C\C/C=C\C/C=C\C/C=C\C/C=C\C/C=C\C/C=C\CCCCCCCCCCCCCCCCCC(=O)OC(COC(=O)CCCCCCCCCCCC/C=C\C/C=C\C/C=C\CCCCCCC)COC(OCC[N+](C)(C)C)C(=O)O. The van der Waals surface area contributed by atoms with Crippen LogP contribution in [-0.2, 0) is 33.3 Å². The molecular formula is C78H134NO8+. The standard InChI is InChI=1S/C78H133NO8/c1-6-8-10-12-14-16-18-20-22-24-26-28-30-32-33-34-35-36-37-38-39-40-41-42-43-45-47-49-51-53-55-57-59-61-63-65-67-69-76(81)87-74(73-86-78(77(82)83)84-71-70-79(3,4)5)72-85-75(80)68-66-64-62-60-58-56-54-52-50-48-46-44-31-29-27-25-23-21-19-17-15-13-11-9-7-2/h8,10,14,16,19-22,25-28,31-33,35-36,38-39,44,74,78H,6-7,9,11-13,15,17-18,23-24,29-30,34,37,40-43,45-73H2,1-5H3/p+1/b10-8-,16-14-,21-19-,22-20-,27-25-,28-26-,33-32-,36-35-,39-38-,44-31-. The Kier molecular flexibility index (Phi) is 64.3. The van der Waals surface area contributed by atoms with E-state index in [9.17, 15) is 19.5 Å². The summed E-state index contributed by atoms with van der Waals surface area (Å²) in [7, 11) is 5.98. The van der Waals surface area contributed by atoms with E-state index < -0.39 is 24.3 Å². The molecule has 0 saturated carbocycles. The second kappa shape index (κ2) is 67.6. The van der Waals surface area contributed by atoms with E-state index in [-0.39, 0.29) is 32.2 Å². The van der Waals surface area contributed by atoms with Crippen LogP contribution >= 0.6 is 0 Å². The molecule has 0 aromatic carbocycles. The Bertz CT molecular complexity index is 1840. The van der Waals surface area contributed by atoms with Gasteiger partial charge in [-0.3, -0.25) is 9.59 Å². The summed E-state index contributed by atoms with van der Waals surface area (Å²) in [6, 6.07) is 0. The molecule has 2 unspecified atom stereocenters. The largest absolute Gasteiger partial charge is 0.477 e. The maximum atomic E-state index is 13.0. The minimum Gasteiger partial charge on any atom is -0.477 e. The summed E-state index contributed by atoms with van der Waals surface area (Å²) < 4.78 is 23.0. The van der Waals surface area contributed by atoms with Gasteiger partial charge in [-0.2, -0.15) is 0 Å². The lowest BCUT2D eigenvalue weighted by molar-refractivity contribution is -0.870. The summed E-state index contributed by atoms with van der Waals surface area (Å²) in [6.07, 6.45) is 93.1. The second-order valence-corrected chi connectivity index (χ2v) is 24.8. The van der Waals surface area contributed by atoms with E-state index >= 15 is 0 Å². The zero-order valence-electron chi connectivity index (χ0n) is 56.9. The summed E-state index contributed by atoms with van der Waals surface area (Å²) in [4.78, 5) is 37.6. The van der Waals surface area contributed by atoms with Gasteiger partial charge in [0, 0.05) is 12.8 Å². The van der Waals surface area contributed by atoms with Crippen LogP contribution < -0.4 is 0 Å². The highest BCUT2D eigenvalue weighted by Crippen LogP contribution is 2.17. The van der Waals surface area contributed by atoms with Crippen LogP contribution in [0.4, 0.5) is 0 Å². The van der Waals surface area contributed by atoms with Crippen molar-refractivity contribution in [2.45, 2.75) is 309 Å². The van der Waals surface area contributed by atoms with E-state index in [0.717, 1.165) is 89.9 Å². The van der Waals surface area contributed by atoms with Gasteiger partial charge >= 0.3 is 17.9 Å². The topological polar surface area (TPSA) is 108 Å². The molecule has 0 amide bonds. The molecule has 0 aromatic rings. The Hall–Kier alpha value is -4.31. The van der Waals surface area contributed by atoms with Crippen molar-refractivity contribution >= 4 is 17.9 Å². The second-order valence-electron chi connectivity index (χ2n) is 24.8. The summed E-state index contributed by atoms with van der Waals surface area (Å²) in [5.41, 5.74) is 0. The zero-order valence-corrected chi connectivity index (χ0v) is 56.9. The number of allylic oxidation sites excluding steroid dienone is 20. The van der Waals surface area contributed by atoms with Crippen molar-refractivity contribution in [2.75, 3.05) is 47.5 Å². The fourth-order valence-corrected chi connectivity index (χ4v) is 9.77. The maximum Gasteiger partial charge on any atom is 0.361 e. The molecule has 0 saturated heterocycles. The van der Waals surface area contributed by atoms with Crippen LogP contribution in [0.5, 0.6) is 0 Å². The highest BCUT2D eigenvalue weighted by Gasteiger charge is 2.25. The van der Waals surface area contributed by atoms with Crippen molar-refractivity contribution in [3.63, 3.8) is 0 Å². The lowest BCUT2D eigenvalue weighted by Crippen LogP contribution is -2.40. The van der Waals surface area contributed by atoms with Gasteiger partial charge in [0.15, 0.2) is 6.10 Å². The molecule has 0 aliphatic heterocycles. The summed E-state index contributed by atoms with van der Waals surface area (Å²) in [6.45, 7) is 4.76. The molecule has 2 atom stereocenters. The number of nitrogens with zero attached hydrogens (tertiary/aromatic N) is 1. The third-order valence-corrected chi connectivity index (χ3v) is 15.2. The number of hydrogen-bond acceptors (Lipinski definition) is 7. The van der Waals surface area contributed by atoms with E-state index in [0.29, 0.717) is 23.9 Å². The maximum absolute atomic E-state index is 13.0. The Morgan fingerprint density at radius 3 is 0.977 bits per heavy atom. The predicted octanol–water partition coefficient (Wildman–Crippen LogP) is 22.4. The molecule has 0 aliphatic carbocycles. The Morgan fingerprint density at radius 1 is 0.356 bits per heavy atom. The summed E-state index contributed by atoms with van der Waals surface area (Å²) >= 11 is 0. The zero-order chi connectivity index (χ0) is 63.3. The molecule has 498 valence electrons. The van der Waals surface area contributed by atoms with E-state index in [4.69, 9.17) is 18.9 Å². The van der Waals surface area contributed by atoms with E-state index in [1.54, 1.807) is 0 Å². The van der Waals surface area contributed by atoms with Crippen LogP contribution in [0.2, 0.25) is 0 Å². The molecule has 0 rings (SSSR count). The first-order chi connectivity index (χ1) is 42.6. The number of unbranched alkanes of at least 4 members (excludes halogenated alkanes) is 30. The summed E-state index contributed by atoms with van der Waals surface area (Å²) in [5, 5.41) is 9.75. The molecule has 0 spiro atoms. The molecule has 87 heavy (non-hydrogen) atoms. The lowest BCUT2D eigenvalue weighted by atomic mass is 10.0. The van der Waals surface area contributed by atoms with E-state index in [2.05, 4.69) is 135 Å². The van der Waals surface area contributed by atoms with Crippen molar-refractivity contribution in [3.8, 4) is 0 Å². The predicted molar refractivity (Wildman–Crippen MR) is 373 cm³/mol. The Morgan fingerprint density at radius 2 is 0.655 bits per heavy atom. The molecule has 0 bridgehead atoms. The van der Waals surface area contributed by atoms with Gasteiger partial charge in [0.25, 0.3) is 6.29 Å². The van der Waals surface area contributed by atoms with Gasteiger partial charge in [0.2, 0.25) is 0 Å². The monoisotopic (exact) mass is 1210 g/mol. The molecule has 9 nitrogen and oxygen atoms in total. The summed E-state index contributed by atoms with van der Waals surface area (Å²) in [5.74, 6) is -2.01. The third-order valence-electron chi connectivity index (χ3n) is 15.2. The first kappa shape index (κ1) is 82.7. The number of aliphatic carboxylic acids is 1. The van der Waals surface area contributed by atoms with Crippen LogP contribution in [0.25, 0.3) is 0 Å². The molecular weight excluding hydrogens is 1080 g/mol. The minimum absolute atomic E-state index is 0.183. The van der Waals surface area contributed by atoms with Gasteiger partial charge in [0.1, 0.15) is 13.2 Å². The van der Waals surface area contributed by atoms with E-state index in [1.807, 2.05) is 21.1 Å². The number of quaternary nitrogens is 1. The lowest BCUT2D eigenvalue weighted by Gasteiger charge is -2.25. The molecule has 9 heteroatoms. The Balaban J connectivity index is 4.12. The molecule has 0 aliphatic rings. The van der Waals surface area contributed by atoms with Gasteiger partial charge in [-0.15, -0.1) is 0 Å². The number of likely N-dealkylation sites (N-methyl/N-ethyl adjacent to an activating group) is 1.